The van der Waals surface area contributed by atoms with Crippen molar-refractivity contribution in [2.24, 2.45) is 0 Å². The van der Waals surface area contributed by atoms with Crippen molar-refractivity contribution >= 4 is 15.9 Å². The van der Waals surface area contributed by atoms with Gasteiger partial charge >= 0.3 is 6.18 Å². The number of aliphatic hydroxyl groups excluding tert-OH is 1. The van der Waals surface area contributed by atoms with Crippen molar-refractivity contribution in [1.82, 2.24) is 0 Å². The van der Waals surface area contributed by atoms with Gasteiger partial charge in [0.2, 0.25) is 0 Å². The number of aliphatic hydroxyl groups is 1. The Hall–Kier alpha value is -1.40. The Labute approximate surface area is 127 Å². The molecule has 0 saturated heterocycles. The molecule has 1 unspecified atom stereocenters. The number of benzene rings is 2. The van der Waals surface area contributed by atoms with Gasteiger partial charge in [-0.2, -0.15) is 13.2 Å². The van der Waals surface area contributed by atoms with E-state index in [0.29, 0.717) is 15.6 Å². The highest BCUT2D eigenvalue weighted by molar-refractivity contribution is 9.10. The standard InChI is InChI=1S/C15H11BrF4O/c16-13-8-11(17)5-6-12(13)14(21)7-9-1-3-10(4-2-9)15(18,19)20/h1-6,8,14,21H,7H2. The summed E-state index contributed by atoms with van der Waals surface area (Å²) in [5.41, 5.74) is 0.312. The fourth-order valence-electron chi connectivity index (χ4n) is 1.93. The molecule has 6 heteroatoms. The minimum atomic E-state index is -4.38. The number of hydrogen-bond donors (Lipinski definition) is 1. The van der Waals surface area contributed by atoms with Crippen LogP contribution in [-0.4, -0.2) is 5.11 Å². The van der Waals surface area contributed by atoms with Gasteiger partial charge in [0.25, 0.3) is 0 Å². The maximum atomic E-state index is 13.0. The summed E-state index contributed by atoms with van der Waals surface area (Å²) in [6.45, 7) is 0. The highest BCUT2D eigenvalue weighted by Crippen LogP contribution is 2.30. The molecule has 0 aliphatic carbocycles. The van der Waals surface area contributed by atoms with E-state index in [2.05, 4.69) is 15.9 Å². The SMILES string of the molecule is OC(Cc1ccc(C(F)(F)F)cc1)c1ccc(F)cc1Br. The zero-order valence-electron chi connectivity index (χ0n) is 10.7. The molecular weight excluding hydrogens is 352 g/mol. The summed E-state index contributed by atoms with van der Waals surface area (Å²) >= 11 is 3.15. The van der Waals surface area contributed by atoms with Crippen LogP contribution in [0.1, 0.15) is 22.8 Å². The summed E-state index contributed by atoms with van der Waals surface area (Å²) in [5.74, 6) is -0.438. The lowest BCUT2D eigenvalue weighted by molar-refractivity contribution is -0.137. The van der Waals surface area contributed by atoms with Crippen LogP contribution >= 0.6 is 15.9 Å². The van der Waals surface area contributed by atoms with Gasteiger partial charge in [0.15, 0.2) is 0 Å². The second kappa shape index (κ2) is 6.15. The van der Waals surface area contributed by atoms with E-state index in [0.717, 1.165) is 12.1 Å². The normalized spacial score (nSPS) is 13.2. The fourth-order valence-corrected chi connectivity index (χ4v) is 2.55. The van der Waals surface area contributed by atoms with E-state index < -0.39 is 23.7 Å². The minimum Gasteiger partial charge on any atom is -0.388 e. The summed E-state index contributed by atoms with van der Waals surface area (Å²) in [5, 5.41) is 10.1. The molecule has 0 heterocycles. The summed E-state index contributed by atoms with van der Waals surface area (Å²) in [4.78, 5) is 0. The largest absolute Gasteiger partial charge is 0.416 e. The van der Waals surface area contributed by atoms with Crippen LogP contribution < -0.4 is 0 Å². The highest BCUT2D eigenvalue weighted by atomic mass is 79.9. The molecule has 0 bridgehead atoms. The lowest BCUT2D eigenvalue weighted by atomic mass is 10.0. The van der Waals surface area contributed by atoms with Crippen LogP contribution in [0.5, 0.6) is 0 Å². The van der Waals surface area contributed by atoms with Crippen LogP contribution in [0.2, 0.25) is 0 Å². The first-order chi connectivity index (χ1) is 9.77. The molecule has 112 valence electrons. The van der Waals surface area contributed by atoms with Crippen LogP contribution in [-0.2, 0) is 12.6 Å². The lowest BCUT2D eigenvalue weighted by Gasteiger charge is -2.14. The van der Waals surface area contributed by atoms with Gasteiger partial charge in [0.05, 0.1) is 11.7 Å². The van der Waals surface area contributed by atoms with Crippen molar-refractivity contribution in [3.63, 3.8) is 0 Å². The molecule has 2 aromatic carbocycles. The van der Waals surface area contributed by atoms with E-state index in [-0.39, 0.29) is 6.42 Å². The maximum Gasteiger partial charge on any atom is 0.416 e. The van der Waals surface area contributed by atoms with Crippen LogP contribution in [0.3, 0.4) is 0 Å². The number of hydrogen-bond acceptors (Lipinski definition) is 1. The van der Waals surface area contributed by atoms with Gasteiger partial charge in [-0.15, -0.1) is 0 Å². The Morgan fingerprint density at radius 1 is 1.05 bits per heavy atom. The molecule has 1 N–H and O–H groups in total. The Balaban J connectivity index is 2.14. The van der Waals surface area contributed by atoms with Crippen molar-refractivity contribution in [3.05, 3.63) is 69.4 Å². The molecule has 0 aliphatic heterocycles. The van der Waals surface area contributed by atoms with Gasteiger partial charge in [0.1, 0.15) is 5.82 Å². The van der Waals surface area contributed by atoms with Gasteiger partial charge in [0, 0.05) is 10.9 Å². The number of rotatable bonds is 3. The fraction of sp³-hybridized carbons (Fsp3) is 0.200. The molecule has 0 saturated carbocycles. The monoisotopic (exact) mass is 362 g/mol. The summed E-state index contributed by atoms with van der Waals surface area (Å²) < 4.78 is 50.7. The van der Waals surface area contributed by atoms with E-state index >= 15 is 0 Å². The van der Waals surface area contributed by atoms with Crippen LogP contribution in [0, 0.1) is 5.82 Å². The summed E-state index contributed by atoms with van der Waals surface area (Å²) in [7, 11) is 0. The predicted molar refractivity (Wildman–Crippen MR) is 74.2 cm³/mol. The smallest absolute Gasteiger partial charge is 0.388 e. The molecule has 0 aromatic heterocycles. The van der Waals surface area contributed by atoms with E-state index in [1.807, 2.05) is 0 Å². The third kappa shape index (κ3) is 4.04. The third-order valence-electron chi connectivity index (χ3n) is 3.03. The Bertz CT molecular complexity index is 623. The zero-order chi connectivity index (χ0) is 15.6. The van der Waals surface area contributed by atoms with Crippen molar-refractivity contribution in [2.45, 2.75) is 18.7 Å². The second-order valence-corrected chi connectivity index (χ2v) is 5.43. The van der Waals surface area contributed by atoms with Gasteiger partial charge in [-0.25, -0.2) is 4.39 Å². The van der Waals surface area contributed by atoms with E-state index in [4.69, 9.17) is 0 Å². The zero-order valence-corrected chi connectivity index (χ0v) is 12.2. The van der Waals surface area contributed by atoms with Gasteiger partial charge < -0.3 is 5.11 Å². The molecule has 0 fully saturated rings. The van der Waals surface area contributed by atoms with Gasteiger partial charge in [-0.05, 0) is 35.4 Å². The lowest BCUT2D eigenvalue weighted by Crippen LogP contribution is -2.06. The Morgan fingerprint density at radius 3 is 2.19 bits per heavy atom. The topological polar surface area (TPSA) is 20.2 Å². The molecule has 2 rings (SSSR count). The molecule has 0 aliphatic rings. The second-order valence-electron chi connectivity index (χ2n) is 4.58. The number of alkyl halides is 3. The predicted octanol–water partition coefficient (Wildman–Crippen LogP) is 4.88. The molecule has 2 aromatic rings. The first-order valence-electron chi connectivity index (χ1n) is 6.06. The quantitative estimate of drug-likeness (QED) is 0.771. The maximum absolute atomic E-state index is 13.0. The van der Waals surface area contributed by atoms with Crippen LogP contribution in [0.15, 0.2) is 46.9 Å². The summed E-state index contributed by atoms with van der Waals surface area (Å²) in [6, 6.07) is 8.48. The Morgan fingerprint density at radius 2 is 1.67 bits per heavy atom. The average molecular weight is 363 g/mol. The van der Waals surface area contributed by atoms with Crippen LogP contribution in [0.25, 0.3) is 0 Å². The number of halogens is 5. The van der Waals surface area contributed by atoms with Gasteiger partial charge in [-0.1, -0.05) is 34.1 Å². The van der Waals surface area contributed by atoms with E-state index in [1.165, 1.54) is 30.3 Å². The first-order valence-corrected chi connectivity index (χ1v) is 6.86. The molecule has 0 spiro atoms. The summed E-state index contributed by atoms with van der Waals surface area (Å²) in [6.07, 6.45) is -5.17. The van der Waals surface area contributed by atoms with Crippen molar-refractivity contribution in [2.75, 3.05) is 0 Å². The third-order valence-corrected chi connectivity index (χ3v) is 3.72. The molecular formula is C15H11BrF4O. The van der Waals surface area contributed by atoms with Crippen molar-refractivity contribution < 1.29 is 22.7 Å². The van der Waals surface area contributed by atoms with Crippen LogP contribution in [0.4, 0.5) is 17.6 Å². The first kappa shape index (κ1) is 16.0. The van der Waals surface area contributed by atoms with E-state index in [1.54, 1.807) is 0 Å². The molecule has 21 heavy (non-hydrogen) atoms. The average Bonchev–Trinajstić information content (AvgIpc) is 2.38. The Kier molecular flexibility index (Phi) is 4.68. The molecule has 1 nitrogen and oxygen atoms in total. The van der Waals surface area contributed by atoms with E-state index in [9.17, 15) is 22.7 Å². The van der Waals surface area contributed by atoms with Crippen molar-refractivity contribution in [1.29, 1.82) is 0 Å². The highest BCUT2D eigenvalue weighted by Gasteiger charge is 2.30. The van der Waals surface area contributed by atoms with Crippen molar-refractivity contribution in [3.8, 4) is 0 Å². The van der Waals surface area contributed by atoms with Gasteiger partial charge in [-0.3, -0.25) is 0 Å². The minimum absolute atomic E-state index is 0.141. The molecule has 0 amide bonds. The molecule has 1 atom stereocenters. The molecule has 0 radical (unpaired) electrons.